The Balaban J connectivity index is 2.85. The van der Waals surface area contributed by atoms with Crippen LogP contribution in [0.5, 0.6) is 0 Å². The molecule has 0 bridgehead atoms. The number of hydrogen-bond acceptors (Lipinski definition) is 5. The standard InChI is InChI=1S/C14H22N2O4/c1-9(2)12-5-10(14(17)18)6-13(16-12)15-7-11(20-4)8-19-3/h5-6,9,11H,7-8H2,1-4H3,(H,15,16)(H,17,18). The van der Waals surface area contributed by atoms with Crippen molar-refractivity contribution in [1.82, 2.24) is 4.98 Å². The van der Waals surface area contributed by atoms with Crippen molar-refractivity contribution >= 4 is 11.8 Å². The lowest BCUT2D eigenvalue weighted by molar-refractivity contribution is 0.0365. The second-order valence-electron chi connectivity index (χ2n) is 4.82. The summed E-state index contributed by atoms with van der Waals surface area (Å²) >= 11 is 0. The number of rotatable bonds is 8. The van der Waals surface area contributed by atoms with Gasteiger partial charge >= 0.3 is 5.97 Å². The summed E-state index contributed by atoms with van der Waals surface area (Å²) in [7, 11) is 3.21. The number of methoxy groups -OCH3 is 2. The third kappa shape index (κ3) is 4.79. The van der Waals surface area contributed by atoms with Gasteiger partial charge in [0.05, 0.1) is 18.3 Å². The average Bonchev–Trinajstić information content (AvgIpc) is 2.42. The Morgan fingerprint density at radius 2 is 2.10 bits per heavy atom. The summed E-state index contributed by atoms with van der Waals surface area (Å²) in [6.45, 7) is 4.90. The number of nitrogens with zero attached hydrogens (tertiary/aromatic N) is 1. The summed E-state index contributed by atoms with van der Waals surface area (Å²) in [6.07, 6.45) is -0.113. The molecule has 6 heteroatoms. The first-order chi connectivity index (χ1) is 9.47. The highest BCUT2D eigenvalue weighted by atomic mass is 16.5. The van der Waals surface area contributed by atoms with E-state index in [1.807, 2.05) is 13.8 Å². The predicted molar refractivity (Wildman–Crippen MR) is 76.4 cm³/mol. The Hall–Kier alpha value is -1.66. The SMILES string of the molecule is COCC(CNc1cc(C(=O)O)cc(C(C)C)n1)OC. The topological polar surface area (TPSA) is 80.7 Å². The Labute approximate surface area is 119 Å². The molecule has 112 valence electrons. The van der Waals surface area contributed by atoms with Gasteiger partial charge in [0.1, 0.15) is 5.82 Å². The van der Waals surface area contributed by atoms with Crippen LogP contribution in [-0.4, -0.2) is 49.5 Å². The molecule has 1 heterocycles. The Kier molecular flexibility index (Phi) is 6.41. The number of anilines is 1. The average molecular weight is 282 g/mol. The fourth-order valence-corrected chi connectivity index (χ4v) is 1.68. The summed E-state index contributed by atoms with van der Waals surface area (Å²) in [5.41, 5.74) is 0.972. The molecule has 0 radical (unpaired) electrons. The van der Waals surface area contributed by atoms with Crippen molar-refractivity contribution in [2.24, 2.45) is 0 Å². The fourth-order valence-electron chi connectivity index (χ4n) is 1.68. The van der Waals surface area contributed by atoms with Gasteiger partial charge in [0.15, 0.2) is 0 Å². The highest BCUT2D eigenvalue weighted by Gasteiger charge is 2.12. The molecule has 1 rings (SSSR count). The Morgan fingerprint density at radius 1 is 1.40 bits per heavy atom. The Morgan fingerprint density at radius 3 is 2.60 bits per heavy atom. The number of carbonyl (C=O) groups is 1. The van der Waals surface area contributed by atoms with Gasteiger partial charge in [0.2, 0.25) is 0 Å². The molecule has 0 amide bonds. The molecule has 2 N–H and O–H groups in total. The summed E-state index contributed by atoms with van der Waals surface area (Å²) in [6, 6.07) is 3.12. The fraction of sp³-hybridized carbons (Fsp3) is 0.571. The minimum Gasteiger partial charge on any atom is -0.478 e. The van der Waals surface area contributed by atoms with E-state index in [4.69, 9.17) is 14.6 Å². The molecular weight excluding hydrogens is 260 g/mol. The molecule has 0 saturated heterocycles. The van der Waals surface area contributed by atoms with Crippen molar-refractivity contribution in [1.29, 1.82) is 0 Å². The van der Waals surface area contributed by atoms with Crippen molar-refractivity contribution in [3.8, 4) is 0 Å². The van der Waals surface area contributed by atoms with Crippen LogP contribution in [0.4, 0.5) is 5.82 Å². The van der Waals surface area contributed by atoms with Gasteiger partial charge in [-0.1, -0.05) is 13.8 Å². The molecule has 0 aliphatic rings. The predicted octanol–water partition coefficient (Wildman–Crippen LogP) is 1.98. The molecular formula is C14H22N2O4. The maximum absolute atomic E-state index is 11.1. The minimum atomic E-state index is -0.961. The van der Waals surface area contributed by atoms with Crippen molar-refractivity contribution in [2.45, 2.75) is 25.9 Å². The van der Waals surface area contributed by atoms with Gasteiger partial charge in [0, 0.05) is 26.5 Å². The monoisotopic (exact) mass is 282 g/mol. The van der Waals surface area contributed by atoms with Crippen LogP contribution in [0, 0.1) is 0 Å². The minimum absolute atomic E-state index is 0.113. The van der Waals surface area contributed by atoms with Crippen molar-refractivity contribution in [3.05, 3.63) is 23.4 Å². The summed E-state index contributed by atoms with van der Waals surface area (Å²) < 4.78 is 10.3. The summed E-state index contributed by atoms with van der Waals surface area (Å²) in [5.74, 6) is -0.267. The lowest BCUT2D eigenvalue weighted by atomic mass is 10.1. The van der Waals surface area contributed by atoms with Gasteiger partial charge in [-0.3, -0.25) is 0 Å². The van der Waals surface area contributed by atoms with Crippen LogP contribution in [-0.2, 0) is 9.47 Å². The van der Waals surface area contributed by atoms with Crippen molar-refractivity contribution < 1.29 is 19.4 Å². The van der Waals surface area contributed by atoms with Crippen LogP contribution in [0.15, 0.2) is 12.1 Å². The number of aromatic nitrogens is 1. The molecule has 1 aromatic rings. The molecule has 1 unspecified atom stereocenters. The van der Waals surface area contributed by atoms with Gasteiger partial charge in [-0.25, -0.2) is 9.78 Å². The van der Waals surface area contributed by atoms with E-state index in [1.54, 1.807) is 20.3 Å². The van der Waals surface area contributed by atoms with Crippen molar-refractivity contribution in [2.75, 3.05) is 32.7 Å². The third-order valence-electron chi connectivity index (χ3n) is 2.88. The van der Waals surface area contributed by atoms with E-state index in [-0.39, 0.29) is 17.6 Å². The number of aromatic carboxylic acids is 1. The Bertz CT molecular complexity index is 449. The van der Waals surface area contributed by atoms with Gasteiger partial charge in [-0.05, 0) is 18.1 Å². The molecule has 1 aromatic heterocycles. The first-order valence-corrected chi connectivity index (χ1v) is 6.48. The van der Waals surface area contributed by atoms with E-state index < -0.39 is 5.97 Å². The number of carboxylic acids is 1. The maximum atomic E-state index is 11.1. The van der Waals surface area contributed by atoms with Gasteiger partial charge < -0.3 is 19.9 Å². The third-order valence-corrected chi connectivity index (χ3v) is 2.88. The van der Waals surface area contributed by atoms with Crippen LogP contribution < -0.4 is 5.32 Å². The quantitative estimate of drug-likeness (QED) is 0.759. The van der Waals surface area contributed by atoms with E-state index in [0.29, 0.717) is 19.0 Å². The number of carboxylic acid groups (broad SMARTS) is 1. The highest BCUT2D eigenvalue weighted by Crippen LogP contribution is 2.17. The normalized spacial score (nSPS) is 12.4. The second-order valence-corrected chi connectivity index (χ2v) is 4.82. The van der Waals surface area contributed by atoms with E-state index in [0.717, 1.165) is 5.69 Å². The van der Waals surface area contributed by atoms with E-state index in [1.165, 1.54) is 6.07 Å². The molecule has 0 aromatic carbocycles. The number of nitrogens with one attached hydrogen (secondary N) is 1. The smallest absolute Gasteiger partial charge is 0.335 e. The maximum Gasteiger partial charge on any atom is 0.335 e. The largest absolute Gasteiger partial charge is 0.478 e. The molecule has 0 aliphatic carbocycles. The zero-order valence-electron chi connectivity index (χ0n) is 12.3. The molecule has 0 fully saturated rings. The first kappa shape index (κ1) is 16.4. The molecule has 0 spiro atoms. The molecule has 20 heavy (non-hydrogen) atoms. The van der Waals surface area contributed by atoms with E-state index >= 15 is 0 Å². The molecule has 0 saturated carbocycles. The van der Waals surface area contributed by atoms with Crippen LogP contribution in [0.3, 0.4) is 0 Å². The highest BCUT2D eigenvalue weighted by molar-refractivity contribution is 5.88. The second kappa shape index (κ2) is 7.81. The molecule has 1 atom stereocenters. The van der Waals surface area contributed by atoms with Crippen LogP contribution in [0.1, 0.15) is 35.8 Å². The first-order valence-electron chi connectivity index (χ1n) is 6.48. The molecule has 6 nitrogen and oxygen atoms in total. The zero-order valence-corrected chi connectivity index (χ0v) is 12.3. The lowest BCUT2D eigenvalue weighted by Gasteiger charge is -2.16. The number of ether oxygens (including phenoxy) is 2. The van der Waals surface area contributed by atoms with Gasteiger partial charge in [-0.2, -0.15) is 0 Å². The number of pyridine rings is 1. The molecule has 0 aliphatic heterocycles. The van der Waals surface area contributed by atoms with Crippen LogP contribution in [0.25, 0.3) is 0 Å². The zero-order chi connectivity index (χ0) is 15.1. The van der Waals surface area contributed by atoms with Crippen LogP contribution in [0.2, 0.25) is 0 Å². The van der Waals surface area contributed by atoms with Crippen molar-refractivity contribution in [3.63, 3.8) is 0 Å². The van der Waals surface area contributed by atoms with Gasteiger partial charge in [-0.15, -0.1) is 0 Å². The summed E-state index contributed by atoms with van der Waals surface area (Å²) in [5, 5.41) is 12.2. The van der Waals surface area contributed by atoms with Gasteiger partial charge in [0.25, 0.3) is 0 Å². The summed E-state index contributed by atoms with van der Waals surface area (Å²) in [4.78, 5) is 15.5. The van der Waals surface area contributed by atoms with E-state index in [9.17, 15) is 4.79 Å². The number of hydrogen-bond donors (Lipinski definition) is 2. The lowest BCUT2D eigenvalue weighted by Crippen LogP contribution is -2.27. The van der Waals surface area contributed by atoms with Crippen LogP contribution >= 0.6 is 0 Å². The van der Waals surface area contributed by atoms with E-state index in [2.05, 4.69) is 10.3 Å².